The maximum absolute atomic E-state index is 9.80. The number of hydrogen-bond donors (Lipinski definition) is 5. The van der Waals surface area contributed by atoms with E-state index in [0.29, 0.717) is 5.32 Å². The van der Waals surface area contributed by atoms with E-state index < -0.39 is 24.0 Å². The van der Waals surface area contributed by atoms with E-state index >= 15 is 0 Å². The molecule has 0 aliphatic carbocycles. The van der Waals surface area contributed by atoms with Crippen LogP contribution in [0.4, 0.5) is 0 Å². The molecule has 8 heteroatoms. The predicted molar refractivity (Wildman–Crippen MR) is 57.0 cm³/mol. The molecule has 14 heavy (non-hydrogen) atoms. The quantitative estimate of drug-likeness (QED) is 0.302. The first kappa shape index (κ1) is 16.2. The fourth-order valence-corrected chi connectivity index (χ4v) is 0.640. The van der Waals surface area contributed by atoms with Gasteiger partial charge >= 0.3 is 54.9 Å². The van der Waals surface area contributed by atoms with Crippen LogP contribution in [0.3, 0.4) is 0 Å². The van der Waals surface area contributed by atoms with Gasteiger partial charge < -0.3 is 10.8 Å². The van der Waals surface area contributed by atoms with Crippen LogP contribution in [0.15, 0.2) is 0 Å². The van der Waals surface area contributed by atoms with Gasteiger partial charge in [-0.2, -0.15) is 12.6 Å². The van der Waals surface area contributed by atoms with E-state index in [1.807, 2.05) is 0 Å². The second-order valence-corrected chi connectivity index (χ2v) is 3.39. The summed E-state index contributed by atoms with van der Waals surface area (Å²) in [4.78, 5) is 19.6. The van der Waals surface area contributed by atoms with Crippen molar-refractivity contribution in [1.82, 2.24) is 0 Å². The molecule has 0 saturated carbocycles. The second-order valence-electron chi connectivity index (χ2n) is 2.25. The molecule has 0 unspecified atom stereocenters. The van der Waals surface area contributed by atoms with Crippen molar-refractivity contribution in [3.8, 4) is 0 Å². The van der Waals surface area contributed by atoms with E-state index in [9.17, 15) is 9.59 Å². The number of carboxylic acids is 2. The first-order valence-electron chi connectivity index (χ1n) is 3.55. The molecular formula is C6H14N2O4SSe. The molecule has 6 N–H and O–H groups in total. The number of carbonyl (C=O) groups is 2. The fraction of sp³-hybridized carbons (Fsp3) is 0.667. The van der Waals surface area contributed by atoms with Crippen molar-refractivity contribution < 1.29 is 19.8 Å². The Labute approximate surface area is 95.3 Å². The third kappa shape index (κ3) is 9.81. The summed E-state index contributed by atoms with van der Waals surface area (Å²) in [5.41, 5.74) is 9.94. The molecule has 0 fully saturated rings. The van der Waals surface area contributed by atoms with Gasteiger partial charge in [-0.1, -0.05) is 0 Å². The standard InChI is InChI=1S/C3H7NO2S.C3H7NO2Se/c2*4-2(1-7)3(5)6/h2*2,7H,1,4H2,(H,5,6)/t2*2-/m00/s1. The molecule has 0 amide bonds. The Morgan fingerprint density at radius 1 is 1.21 bits per heavy atom. The van der Waals surface area contributed by atoms with Crippen molar-refractivity contribution in [2.75, 3.05) is 5.75 Å². The molecule has 0 heterocycles. The molecular weight excluding hydrogens is 275 g/mol. The molecule has 0 rings (SSSR count). The molecule has 0 saturated heterocycles. The van der Waals surface area contributed by atoms with Crippen molar-refractivity contribution in [2.45, 2.75) is 17.4 Å². The number of aliphatic carboxylic acids is 2. The zero-order valence-electron chi connectivity index (χ0n) is 7.33. The zero-order valence-corrected chi connectivity index (χ0v) is 10.1. The van der Waals surface area contributed by atoms with Gasteiger partial charge in [0.2, 0.25) is 0 Å². The van der Waals surface area contributed by atoms with Gasteiger partial charge in [-0.15, -0.1) is 0 Å². The van der Waals surface area contributed by atoms with Crippen LogP contribution in [0.25, 0.3) is 0 Å². The van der Waals surface area contributed by atoms with E-state index in [1.54, 1.807) is 0 Å². The Morgan fingerprint density at radius 3 is 1.57 bits per heavy atom. The topological polar surface area (TPSA) is 127 Å². The molecule has 0 aliphatic heterocycles. The van der Waals surface area contributed by atoms with Crippen LogP contribution in [-0.2, 0) is 9.59 Å². The van der Waals surface area contributed by atoms with Gasteiger partial charge in [0.15, 0.2) is 0 Å². The van der Waals surface area contributed by atoms with Crippen molar-refractivity contribution >= 4 is 40.6 Å². The molecule has 84 valence electrons. The maximum atomic E-state index is 9.80. The molecule has 6 nitrogen and oxygen atoms in total. The van der Waals surface area contributed by atoms with Crippen molar-refractivity contribution in [3.63, 3.8) is 0 Å². The van der Waals surface area contributed by atoms with Gasteiger partial charge in [-0.05, 0) is 0 Å². The summed E-state index contributed by atoms with van der Waals surface area (Å²) < 4.78 is 0. The van der Waals surface area contributed by atoms with Crippen molar-refractivity contribution in [3.05, 3.63) is 0 Å². The van der Waals surface area contributed by atoms with Crippen molar-refractivity contribution in [2.24, 2.45) is 11.5 Å². The fourth-order valence-electron chi connectivity index (χ4n) is 0.156. The normalized spacial score (nSPS) is 13.4. The van der Waals surface area contributed by atoms with E-state index in [-0.39, 0.29) is 5.75 Å². The summed E-state index contributed by atoms with van der Waals surface area (Å²) in [6.45, 7) is 0. The van der Waals surface area contributed by atoms with E-state index in [4.69, 9.17) is 21.7 Å². The van der Waals surface area contributed by atoms with Gasteiger partial charge in [0.25, 0.3) is 0 Å². The average molecular weight is 289 g/mol. The van der Waals surface area contributed by atoms with Crippen LogP contribution in [0.5, 0.6) is 0 Å². The van der Waals surface area contributed by atoms with Crippen LogP contribution >= 0.6 is 12.6 Å². The van der Waals surface area contributed by atoms with Gasteiger partial charge in [-0.25, -0.2) is 0 Å². The van der Waals surface area contributed by atoms with Crippen LogP contribution < -0.4 is 11.5 Å². The van der Waals surface area contributed by atoms with Crippen LogP contribution in [0.2, 0.25) is 5.32 Å². The van der Waals surface area contributed by atoms with Crippen LogP contribution in [0, 0.1) is 0 Å². The van der Waals surface area contributed by atoms with E-state index in [0.717, 1.165) is 0 Å². The van der Waals surface area contributed by atoms with E-state index in [2.05, 4.69) is 28.6 Å². The SMILES string of the molecule is N[C@@H](CS)C(=O)O.N[C@@H](C[SeH])C(=O)O. The molecule has 0 aromatic heterocycles. The summed E-state index contributed by atoms with van der Waals surface area (Å²) in [5.74, 6) is -1.76. The summed E-state index contributed by atoms with van der Waals surface area (Å²) in [5, 5.41) is 16.5. The monoisotopic (exact) mass is 290 g/mol. The molecule has 0 radical (unpaired) electrons. The van der Waals surface area contributed by atoms with Gasteiger partial charge in [-0.3, -0.25) is 4.79 Å². The Kier molecular flexibility index (Phi) is 10.7. The number of carboxylic acid groups (broad SMARTS) is 2. The van der Waals surface area contributed by atoms with Crippen molar-refractivity contribution in [1.29, 1.82) is 0 Å². The number of rotatable bonds is 4. The predicted octanol–water partition coefficient (Wildman–Crippen LogP) is -1.95. The summed E-state index contributed by atoms with van der Waals surface area (Å²) >= 11 is 5.78. The van der Waals surface area contributed by atoms with Crippen LogP contribution in [0.1, 0.15) is 0 Å². The molecule has 0 aliphatic rings. The summed E-state index contributed by atoms with van der Waals surface area (Å²) in [7, 11) is 0. The Hall–Kier alpha value is -0.271. The van der Waals surface area contributed by atoms with Gasteiger partial charge in [0.1, 0.15) is 6.04 Å². The minimum atomic E-state index is -1.00. The Morgan fingerprint density at radius 2 is 1.57 bits per heavy atom. The molecule has 0 aromatic carbocycles. The Balaban J connectivity index is 0. The molecule has 0 spiro atoms. The number of thiol groups is 1. The number of nitrogens with two attached hydrogens (primary N) is 2. The van der Waals surface area contributed by atoms with Gasteiger partial charge in [0, 0.05) is 5.75 Å². The zero-order chi connectivity index (χ0) is 11.7. The molecule has 2 atom stereocenters. The third-order valence-corrected chi connectivity index (χ3v) is 2.25. The summed E-state index contributed by atoms with van der Waals surface area (Å²) in [6, 6.07) is -1.52. The molecule has 0 bridgehead atoms. The average Bonchev–Trinajstić information content (AvgIpc) is 2.15. The Bertz CT molecular complexity index is 173. The first-order chi connectivity index (χ1) is 6.36. The summed E-state index contributed by atoms with van der Waals surface area (Å²) in [6.07, 6.45) is 0. The van der Waals surface area contributed by atoms with E-state index in [1.165, 1.54) is 0 Å². The van der Waals surface area contributed by atoms with Crippen LogP contribution in [-0.4, -0.2) is 56.0 Å². The minimum absolute atomic E-state index is 0.190. The number of hydrogen-bond acceptors (Lipinski definition) is 5. The third-order valence-electron chi connectivity index (χ3n) is 1.03. The molecule has 0 aromatic rings. The van der Waals surface area contributed by atoms with Gasteiger partial charge in [0.05, 0.1) is 0 Å². The second kappa shape index (κ2) is 9.29. The first-order valence-corrected chi connectivity index (χ1v) is 5.51.